The minimum atomic E-state index is 0.0750. The summed E-state index contributed by atoms with van der Waals surface area (Å²) in [6, 6.07) is 0.660. The van der Waals surface area contributed by atoms with Gasteiger partial charge in [0.15, 0.2) is 0 Å². The molecular formula is C9H18N2OS. The van der Waals surface area contributed by atoms with Gasteiger partial charge < -0.3 is 10.6 Å². The normalized spacial score (nSPS) is 22.7. The van der Waals surface area contributed by atoms with Gasteiger partial charge in [0, 0.05) is 37.6 Å². The van der Waals surface area contributed by atoms with Gasteiger partial charge in [-0.1, -0.05) is 0 Å². The molecule has 1 aliphatic heterocycles. The third kappa shape index (κ3) is 5.16. The van der Waals surface area contributed by atoms with Crippen molar-refractivity contribution in [3.05, 3.63) is 0 Å². The van der Waals surface area contributed by atoms with Crippen LogP contribution in [0, 0.1) is 0 Å². The second kappa shape index (κ2) is 6.27. The van der Waals surface area contributed by atoms with E-state index in [2.05, 4.69) is 10.6 Å². The van der Waals surface area contributed by atoms with Crippen LogP contribution in [0.15, 0.2) is 0 Å². The van der Waals surface area contributed by atoms with Gasteiger partial charge in [-0.25, -0.2) is 0 Å². The molecule has 0 bridgehead atoms. The molecule has 2 N–H and O–H groups in total. The van der Waals surface area contributed by atoms with Crippen molar-refractivity contribution >= 4 is 17.7 Å². The molecule has 13 heavy (non-hydrogen) atoms. The van der Waals surface area contributed by atoms with Crippen molar-refractivity contribution in [2.45, 2.75) is 25.8 Å². The first-order valence-corrected chi connectivity index (χ1v) is 6.00. The maximum absolute atomic E-state index is 10.6. The Hall–Kier alpha value is -0.220. The predicted molar refractivity (Wildman–Crippen MR) is 57.0 cm³/mol. The van der Waals surface area contributed by atoms with E-state index in [1.54, 1.807) is 6.92 Å². The SMILES string of the molecule is CC(=O)NCCCC1CSCCN1. The van der Waals surface area contributed by atoms with Crippen LogP contribution in [0.2, 0.25) is 0 Å². The lowest BCUT2D eigenvalue weighted by Crippen LogP contribution is -2.37. The van der Waals surface area contributed by atoms with Crippen molar-refractivity contribution in [1.82, 2.24) is 10.6 Å². The van der Waals surface area contributed by atoms with E-state index in [1.165, 1.54) is 17.9 Å². The average molecular weight is 202 g/mol. The molecule has 1 fully saturated rings. The summed E-state index contributed by atoms with van der Waals surface area (Å²) in [6.45, 7) is 3.52. The quantitative estimate of drug-likeness (QED) is 0.656. The summed E-state index contributed by atoms with van der Waals surface area (Å²) in [7, 11) is 0. The number of amides is 1. The largest absolute Gasteiger partial charge is 0.356 e. The Morgan fingerprint density at radius 3 is 3.15 bits per heavy atom. The molecule has 1 rings (SSSR count). The fourth-order valence-electron chi connectivity index (χ4n) is 1.42. The third-order valence-corrected chi connectivity index (χ3v) is 3.23. The minimum absolute atomic E-state index is 0.0750. The number of hydrogen-bond acceptors (Lipinski definition) is 3. The van der Waals surface area contributed by atoms with Crippen molar-refractivity contribution in [2.24, 2.45) is 0 Å². The monoisotopic (exact) mass is 202 g/mol. The number of nitrogens with one attached hydrogen (secondary N) is 2. The molecule has 76 valence electrons. The molecule has 1 saturated heterocycles. The molecule has 1 aliphatic rings. The highest BCUT2D eigenvalue weighted by Gasteiger charge is 2.11. The minimum Gasteiger partial charge on any atom is -0.356 e. The van der Waals surface area contributed by atoms with E-state index < -0.39 is 0 Å². The predicted octanol–water partition coefficient (Wildman–Crippen LogP) is 0.608. The lowest BCUT2D eigenvalue weighted by atomic mass is 10.2. The first kappa shape index (κ1) is 10.9. The van der Waals surface area contributed by atoms with Crippen LogP contribution in [0.1, 0.15) is 19.8 Å². The molecule has 0 aromatic heterocycles. The van der Waals surface area contributed by atoms with Gasteiger partial charge in [-0.15, -0.1) is 0 Å². The van der Waals surface area contributed by atoms with Crippen LogP contribution in [0.3, 0.4) is 0 Å². The summed E-state index contributed by atoms with van der Waals surface area (Å²) in [5.74, 6) is 2.54. The van der Waals surface area contributed by atoms with Gasteiger partial charge in [0.05, 0.1) is 0 Å². The molecule has 0 spiro atoms. The molecule has 4 heteroatoms. The lowest BCUT2D eigenvalue weighted by Gasteiger charge is -2.22. The summed E-state index contributed by atoms with van der Waals surface area (Å²) in [5.41, 5.74) is 0. The van der Waals surface area contributed by atoms with Crippen molar-refractivity contribution in [2.75, 3.05) is 24.6 Å². The molecule has 0 radical (unpaired) electrons. The summed E-state index contributed by atoms with van der Waals surface area (Å²) < 4.78 is 0. The second-order valence-electron chi connectivity index (χ2n) is 3.35. The van der Waals surface area contributed by atoms with Crippen LogP contribution in [0.5, 0.6) is 0 Å². The van der Waals surface area contributed by atoms with E-state index in [0.717, 1.165) is 19.5 Å². The van der Waals surface area contributed by atoms with Gasteiger partial charge in [-0.05, 0) is 12.8 Å². The van der Waals surface area contributed by atoms with Crippen LogP contribution in [0.4, 0.5) is 0 Å². The molecule has 3 nitrogen and oxygen atoms in total. The van der Waals surface area contributed by atoms with Gasteiger partial charge >= 0.3 is 0 Å². The van der Waals surface area contributed by atoms with Crippen LogP contribution < -0.4 is 10.6 Å². The van der Waals surface area contributed by atoms with Crippen LogP contribution >= 0.6 is 11.8 Å². The van der Waals surface area contributed by atoms with E-state index in [0.29, 0.717) is 6.04 Å². The first-order chi connectivity index (χ1) is 6.29. The van der Waals surface area contributed by atoms with Gasteiger partial charge in [-0.3, -0.25) is 4.79 Å². The number of carbonyl (C=O) groups is 1. The molecule has 0 aromatic carbocycles. The van der Waals surface area contributed by atoms with E-state index in [9.17, 15) is 4.79 Å². The fourth-order valence-corrected chi connectivity index (χ4v) is 2.42. The van der Waals surface area contributed by atoms with E-state index in [-0.39, 0.29) is 5.91 Å². The van der Waals surface area contributed by atoms with E-state index in [1.807, 2.05) is 11.8 Å². The number of rotatable bonds is 4. The Bertz CT molecular complexity index is 158. The summed E-state index contributed by atoms with van der Waals surface area (Å²) in [5, 5.41) is 6.29. The van der Waals surface area contributed by atoms with Gasteiger partial charge in [0.25, 0.3) is 0 Å². The highest BCUT2D eigenvalue weighted by molar-refractivity contribution is 7.99. The van der Waals surface area contributed by atoms with Gasteiger partial charge in [0.1, 0.15) is 0 Å². The highest BCUT2D eigenvalue weighted by Crippen LogP contribution is 2.10. The van der Waals surface area contributed by atoms with Gasteiger partial charge in [-0.2, -0.15) is 11.8 Å². The zero-order valence-electron chi connectivity index (χ0n) is 8.14. The number of thioether (sulfide) groups is 1. The molecule has 0 saturated carbocycles. The Balaban J connectivity index is 1.95. The molecule has 1 heterocycles. The van der Waals surface area contributed by atoms with Gasteiger partial charge in [0.2, 0.25) is 5.91 Å². The standard InChI is InChI=1S/C9H18N2OS/c1-8(12)10-4-2-3-9-7-13-6-5-11-9/h9,11H,2-7H2,1H3,(H,10,12). The average Bonchev–Trinajstić information content (AvgIpc) is 2.14. The zero-order valence-corrected chi connectivity index (χ0v) is 8.95. The zero-order chi connectivity index (χ0) is 9.52. The summed E-state index contributed by atoms with van der Waals surface area (Å²) >= 11 is 2.02. The molecular weight excluding hydrogens is 184 g/mol. The highest BCUT2D eigenvalue weighted by atomic mass is 32.2. The Labute approximate surface area is 84.0 Å². The molecule has 1 atom stereocenters. The van der Waals surface area contributed by atoms with Crippen molar-refractivity contribution in [3.63, 3.8) is 0 Å². The van der Waals surface area contributed by atoms with Crippen LogP contribution in [-0.4, -0.2) is 36.5 Å². The number of carbonyl (C=O) groups excluding carboxylic acids is 1. The maximum atomic E-state index is 10.6. The van der Waals surface area contributed by atoms with E-state index in [4.69, 9.17) is 0 Å². The second-order valence-corrected chi connectivity index (χ2v) is 4.50. The van der Waals surface area contributed by atoms with Crippen LogP contribution in [0.25, 0.3) is 0 Å². The first-order valence-electron chi connectivity index (χ1n) is 4.84. The smallest absolute Gasteiger partial charge is 0.216 e. The molecule has 1 unspecified atom stereocenters. The molecule has 1 amide bonds. The summed E-state index contributed by atoms with van der Waals surface area (Å²) in [4.78, 5) is 10.6. The number of hydrogen-bond donors (Lipinski definition) is 2. The Kier molecular flexibility index (Phi) is 5.23. The van der Waals surface area contributed by atoms with Crippen molar-refractivity contribution in [1.29, 1.82) is 0 Å². The topological polar surface area (TPSA) is 41.1 Å². The molecule has 0 aromatic rings. The summed E-state index contributed by atoms with van der Waals surface area (Å²) in [6.07, 6.45) is 2.26. The maximum Gasteiger partial charge on any atom is 0.216 e. The third-order valence-electron chi connectivity index (χ3n) is 2.10. The van der Waals surface area contributed by atoms with Crippen molar-refractivity contribution < 1.29 is 4.79 Å². The van der Waals surface area contributed by atoms with Crippen LogP contribution in [-0.2, 0) is 4.79 Å². The Morgan fingerprint density at radius 1 is 1.69 bits per heavy atom. The fraction of sp³-hybridized carbons (Fsp3) is 0.889. The van der Waals surface area contributed by atoms with E-state index >= 15 is 0 Å². The van der Waals surface area contributed by atoms with Crippen molar-refractivity contribution in [3.8, 4) is 0 Å². The lowest BCUT2D eigenvalue weighted by molar-refractivity contribution is -0.118. The molecule has 0 aliphatic carbocycles. The Morgan fingerprint density at radius 2 is 2.54 bits per heavy atom.